The Kier molecular flexibility index (Phi) is 6.59. The summed E-state index contributed by atoms with van der Waals surface area (Å²) in [5, 5.41) is 0. The molecule has 1 aromatic carbocycles. The number of rotatable bonds is 6. The van der Waals surface area contributed by atoms with Crippen molar-refractivity contribution in [1.82, 2.24) is 14.8 Å². The third-order valence-corrected chi connectivity index (χ3v) is 5.36. The summed E-state index contributed by atoms with van der Waals surface area (Å²) in [5.41, 5.74) is 3.50. The molecule has 2 aromatic rings. The number of aromatic amines is 1. The van der Waals surface area contributed by atoms with Crippen LogP contribution in [-0.2, 0) is 11.3 Å². The fourth-order valence-electron chi connectivity index (χ4n) is 3.73. The van der Waals surface area contributed by atoms with Crippen molar-refractivity contribution in [2.75, 3.05) is 39.9 Å². The predicted molar refractivity (Wildman–Crippen MR) is 110 cm³/mol. The van der Waals surface area contributed by atoms with Gasteiger partial charge >= 0.3 is 5.97 Å². The number of carbonyl (C=O) groups excluding carboxylic acids is 2. The maximum Gasteiger partial charge on any atom is 0.340 e. The number of piperazine rings is 1. The molecule has 1 saturated heterocycles. The first-order chi connectivity index (χ1) is 13.9. The van der Waals surface area contributed by atoms with Crippen LogP contribution >= 0.6 is 0 Å². The van der Waals surface area contributed by atoms with E-state index in [0.29, 0.717) is 42.2 Å². The molecule has 0 saturated carbocycles. The number of methoxy groups -OCH3 is 1. The Morgan fingerprint density at radius 3 is 2.31 bits per heavy atom. The van der Waals surface area contributed by atoms with Crippen LogP contribution in [-0.4, -0.2) is 66.6 Å². The van der Waals surface area contributed by atoms with Crippen LogP contribution in [0, 0.1) is 13.8 Å². The molecule has 1 amide bonds. The van der Waals surface area contributed by atoms with Gasteiger partial charge in [-0.25, -0.2) is 4.79 Å². The Balaban J connectivity index is 1.61. The molecule has 1 aliphatic heterocycles. The van der Waals surface area contributed by atoms with Gasteiger partial charge in [-0.15, -0.1) is 0 Å². The highest BCUT2D eigenvalue weighted by Crippen LogP contribution is 2.21. The summed E-state index contributed by atoms with van der Waals surface area (Å²) < 4.78 is 10.3. The lowest BCUT2D eigenvalue weighted by atomic mass is 10.1. The summed E-state index contributed by atoms with van der Waals surface area (Å²) in [7, 11) is 1.66. The minimum absolute atomic E-state index is 0.0646. The number of carbonyl (C=O) groups is 2. The van der Waals surface area contributed by atoms with Gasteiger partial charge in [-0.05, 0) is 44.0 Å². The van der Waals surface area contributed by atoms with Crippen LogP contribution < -0.4 is 4.74 Å². The Hall–Kier alpha value is -2.80. The van der Waals surface area contributed by atoms with Gasteiger partial charge in [0, 0.05) is 38.4 Å². The number of benzene rings is 1. The normalized spacial score (nSPS) is 14.7. The Morgan fingerprint density at radius 2 is 1.72 bits per heavy atom. The lowest BCUT2D eigenvalue weighted by Gasteiger charge is -2.34. The van der Waals surface area contributed by atoms with Crippen LogP contribution in [0.25, 0.3) is 0 Å². The second-order valence-electron chi connectivity index (χ2n) is 7.26. The first-order valence-corrected chi connectivity index (χ1v) is 9.95. The lowest BCUT2D eigenvalue weighted by molar-refractivity contribution is 0.0525. The van der Waals surface area contributed by atoms with Crippen molar-refractivity contribution in [3.8, 4) is 5.75 Å². The third kappa shape index (κ3) is 4.62. The molecule has 0 bridgehead atoms. The molecule has 1 aliphatic rings. The molecule has 29 heavy (non-hydrogen) atoms. The summed E-state index contributed by atoms with van der Waals surface area (Å²) >= 11 is 0. The topological polar surface area (TPSA) is 74.9 Å². The van der Waals surface area contributed by atoms with E-state index in [-0.39, 0.29) is 11.9 Å². The average molecular weight is 399 g/mol. The molecule has 1 aromatic heterocycles. The monoisotopic (exact) mass is 399 g/mol. The van der Waals surface area contributed by atoms with Crippen molar-refractivity contribution in [2.24, 2.45) is 0 Å². The maximum absolute atomic E-state index is 13.0. The number of aryl methyl sites for hydroxylation is 1. The maximum atomic E-state index is 13.0. The Bertz CT molecular complexity index is 865. The van der Waals surface area contributed by atoms with E-state index in [1.807, 2.05) is 17.0 Å². The van der Waals surface area contributed by atoms with Gasteiger partial charge in [0.1, 0.15) is 11.4 Å². The molecule has 0 radical (unpaired) electrons. The number of hydrogen-bond donors (Lipinski definition) is 1. The van der Waals surface area contributed by atoms with Gasteiger partial charge in [0.2, 0.25) is 0 Å². The standard InChI is InChI=1S/C22H29N3O4/c1-5-29-22(27)19-15(2)20(23-16(19)3)21(26)25-12-10-24(11-13-25)14-17-6-8-18(28-4)9-7-17/h6-9,23H,5,10-14H2,1-4H3. The summed E-state index contributed by atoms with van der Waals surface area (Å²) in [5.74, 6) is 0.398. The van der Waals surface area contributed by atoms with Crippen LogP contribution in [0.1, 0.15) is 44.6 Å². The van der Waals surface area contributed by atoms with Crippen molar-refractivity contribution in [3.05, 3.63) is 52.3 Å². The summed E-state index contributed by atoms with van der Waals surface area (Å²) in [6.07, 6.45) is 0. The molecule has 0 aliphatic carbocycles. The lowest BCUT2D eigenvalue weighted by Crippen LogP contribution is -2.48. The largest absolute Gasteiger partial charge is 0.497 e. The van der Waals surface area contributed by atoms with E-state index in [1.165, 1.54) is 5.56 Å². The van der Waals surface area contributed by atoms with E-state index < -0.39 is 0 Å². The highest BCUT2D eigenvalue weighted by Gasteiger charge is 2.28. The summed E-state index contributed by atoms with van der Waals surface area (Å²) in [4.78, 5) is 32.5. The molecule has 0 unspecified atom stereocenters. The molecule has 0 spiro atoms. The zero-order valence-corrected chi connectivity index (χ0v) is 17.6. The zero-order valence-electron chi connectivity index (χ0n) is 17.6. The molecule has 3 rings (SSSR count). The predicted octanol–water partition coefficient (Wildman–Crippen LogP) is 2.77. The minimum atomic E-state index is -0.387. The van der Waals surface area contributed by atoms with E-state index in [0.717, 1.165) is 25.4 Å². The van der Waals surface area contributed by atoms with E-state index >= 15 is 0 Å². The minimum Gasteiger partial charge on any atom is -0.497 e. The van der Waals surface area contributed by atoms with Crippen LogP contribution in [0.2, 0.25) is 0 Å². The molecule has 1 fully saturated rings. The van der Waals surface area contributed by atoms with Gasteiger partial charge in [0.05, 0.1) is 19.3 Å². The number of hydrogen-bond acceptors (Lipinski definition) is 5. The molecular weight excluding hydrogens is 370 g/mol. The highest BCUT2D eigenvalue weighted by molar-refractivity contribution is 6.00. The fraction of sp³-hybridized carbons (Fsp3) is 0.455. The number of esters is 1. The number of aromatic nitrogens is 1. The average Bonchev–Trinajstić information content (AvgIpc) is 3.03. The van der Waals surface area contributed by atoms with Gasteiger partial charge < -0.3 is 19.4 Å². The first kappa shape index (κ1) is 20.9. The van der Waals surface area contributed by atoms with Crippen LogP contribution in [0.5, 0.6) is 5.75 Å². The van der Waals surface area contributed by atoms with Gasteiger partial charge in [-0.1, -0.05) is 12.1 Å². The van der Waals surface area contributed by atoms with E-state index in [4.69, 9.17) is 9.47 Å². The highest BCUT2D eigenvalue weighted by atomic mass is 16.5. The fourth-order valence-corrected chi connectivity index (χ4v) is 3.73. The Labute approximate surface area is 171 Å². The molecule has 7 heteroatoms. The van der Waals surface area contributed by atoms with Gasteiger partial charge in [-0.2, -0.15) is 0 Å². The van der Waals surface area contributed by atoms with E-state index in [2.05, 4.69) is 22.0 Å². The van der Waals surface area contributed by atoms with Crippen molar-refractivity contribution >= 4 is 11.9 Å². The Morgan fingerprint density at radius 1 is 1.07 bits per heavy atom. The van der Waals surface area contributed by atoms with Crippen LogP contribution in [0.3, 0.4) is 0 Å². The number of nitrogens with zero attached hydrogens (tertiary/aromatic N) is 2. The molecule has 2 heterocycles. The smallest absolute Gasteiger partial charge is 0.340 e. The van der Waals surface area contributed by atoms with E-state index in [1.54, 1.807) is 27.9 Å². The van der Waals surface area contributed by atoms with Gasteiger partial charge in [-0.3, -0.25) is 9.69 Å². The third-order valence-electron chi connectivity index (χ3n) is 5.36. The number of amides is 1. The SMILES string of the molecule is CCOC(=O)c1c(C)[nH]c(C(=O)N2CCN(Cc3ccc(OC)cc3)CC2)c1C. The quantitative estimate of drug-likeness (QED) is 0.756. The number of H-pyrrole nitrogens is 1. The van der Waals surface area contributed by atoms with Crippen molar-refractivity contribution < 1.29 is 19.1 Å². The second-order valence-corrected chi connectivity index (χ2v) is 7.26. The number of nitrogens with one attached hydrogen (secondary N) is 1. The second kappa shape index (κ2) is 9.13. The zero-order chi connectivity index (χ0) is 21.0. The first-order valence-electron chi connectivity index (χ1n) is 9.95. The molecule has 7 nitrogen and oxygen atoms in total. The molecule has 0 atom stereocenters. The summed E-state index contributed by atoms with van der Waals surface area (Å²) in [6.45, 7) is 9.44. The molecule has 156 valence electrons. The summed E-state index contributed by atoms with van der Waals surface area (Å²) in [6, 6.07) is 8.07. The van der Waals surface area contributed by atoms with Crippen LogP contribution in [0.4, 0.5) is 0 Å². The molecular formula is C22H29N3O4. The van der Waals surface area contributed by atoms with Gasteiger partial charge in [0.25, 0.3) is 5.91 Å². The van der Waals surface area contributed by atoms with E-state index in [9.17, 15) is 9.59 Å². The van der Waals surface area contributed by atoms with Crippen molar-refractivity contribution in [2.45, 2.75) is 27.3 Å². The van der Waals surface area contributed by atoms with Crippen molar-refractivity contribution in [1.29, 1.82) is 0 Å². The molecule has 1 N–H and O–H groups in total. The van der Waals surface area contributed by atoms with Gasteiger partial charge in [0.15, 0.2) is 0 Å². The van der Waals surface area contributed by atoms with Crippen molar-refractivity contribution in [3.63, 3.8) is 0 Å². The number of ether oxygens (including phenoxy) is 2. The van der Waals surface area contributed by atoms with Crippen LogP contribution in [0.15, 0.2) is 24.3 Å².